The molecule has 3 unspecified atom stereocenters. The molecule has 0 heterocycles. The van der Waals surface area contributed by atoms with Crippen molar-refractivity contribution in [3.8, 4) is 0 Å². The molecule has 4 nitrogen and oxygen atoms in total. The van der Waals surface area contributed by atoms with Gasteiger partial charge in [0.05, 0.1) is 6.42 Å². The maximum absolute atomic E-state index is 13.4. The topological polar surface area (TPSA) is 58.2 Å². The third-order valence-electron chi connectivity index (χ3n) is 4.84. The average Bonchev–Trinajstić information content (AvgIpc) is 3.08. The van der Waals surface area contributed by atoms with Crippen LogP contribution in [0.25, 0.3) is 0 Å². The summed E-state index contributed by atoms with van der Waals surface area (Å²) in [7, 11) is 0. The highest BCUT2D eigenvalue weighted by molar-refractivity contribution is 5.98. The molecule has 1 aromatic rings. The molecule has 0 aliphatic heterocycles. The first kappa shape index (κ1) is 16.6. The molecule has 2 aliphatic rings. The minimum Gasteiger partial charge on any atom is -0.353 e. The number of carbonyl (C=O) groups is 2. The highest BCUT2D eigenvalue weighted by Crippen LogP contribution is 2.62. The monoisotopic (exact) mass is 334 g/mol. The molecule has 3 rings (SSSR count). The molecule has 2 aliphatic carbocycles. The summed E-state index contributed by atoms with van der Waals surface area (Å²) in [5, 5.41) is 5.49. The van der Waals surface area contributed by atoms with Gasteiger partial charge in [-0.3, -0.25) is 9.59 Å². The van der Waals surface area contributed by atoms with Crippen molar-refractivity contribution in [2.45, 2.75) is 37.6 Å². The van der Waals surface area contributed by atoms with Gasteiger partial charge in [-0.25, -0.2) is 8.78 Å². The largest absolute Gasteiger partial charge is 0.353 e. The predicted molar refractivity (Wildman–Crippen MR) is 86.7 cm³/mol. The van der Waals surface area contributed by atoms with Gasteiger partial charge in [-0.15, -0.1) is 0 Å². The van der Waals surface area contributed by atoms with Crippen LogP contribution < -0.4 is 10.6 Å². The van der Waals surface area contributed by atoms with E-state index in [-0.39, 0.29) is 24.3 Å². The fourth-order valence-electron chi connectivity index (χ4n) is 3.53. The van der Waals surface area contributed by atoms with E-state index in [1.807, 2.05) is 0 Å². The number of alkyl halides is 2. The van der Waals surface area contributed by atoms with Gasteiger partial charge in [-0.2, -0.15) is 0 Å². The minimum atomic E-state index is -2.53. The quantitative estimate of drug-likeness (QED) is 0.814. The Kier molecular flexibility index (Phi) is 4.39. The van der Waals surface area contributed by atoms with E-state index in [4.69, 9.17) is 0 Å². The number of hydrogen-bond acceptors (Lipinski definition) is 2. The Morgan fingerprint density at radius 2 is 2.08 bits per heavy atom. The number of halogens is 2. The Bertz CT molecular complexity index is 675. The SMILES string of the molecule is C=CC(=O)Nc1cccc(CC(=O)NC2CCC3C(C2)C3(F)F)c1. The van der Waals surface area contributed by atoms with Gasteiger partial charge in [0.2, 0.25) is 11.8 Å². The van der Waals surface area contributed by atoms with Crippen molar-refractivity contribution in [2.24, 2.45) is 11.8 Å². The van der Waals surface area contributed by atoms with Gasteiger partial charge in [0.15, 0.2) is 0 Å². The number of rotatable bonds is 5. The lowest BCUT2D eigenvalue weighted by Gasteiger charge is -2.21. The molecule has 0 radical (unpaired) electrons. The summed E-state index contributed by atoms with van der Waals surface area (Å²) in [5.74, 6) is -4.07. The molecule has 6 heteroatoms. The third-order valence-corrected chi connectivity index (χ3v) is 4.84. The molecule has 2 amide bonds. The average molecular weight is 334 g/mol. The Hall–Kier alpha value is -2.24. The second-order valence-corrected chi connectivity index (χ2v) is 6.54. The van der Waals surface area contributed by atoms with Crippen LogP contribution in [0.3, 0.4) is 0 Å². The fraction of sp³-hybridized carbons (Fsp3) is 0.444. The maximum Gasteiger partial charge on any atom is 0.254 e. The Labute approximate surface area is 139 Å². The lowest BCUT2D eigenvalue weighted by atomic mass is 9.95. The number of benzene rings is 1. The molecule has 3 atom stereocenters. The Balaban J connectivity index is 1.53. The van der Waals surface area contributed by atoms with Gasteiger partial charge in [0, 0.05) is 23.6 Å². The minimum absolute atomic E-state index is 0.152. The standard InChI is InChI=1S/C18H20F2N2O2/c1-2-16(23)21-12-5-3-4-11(8-12)9-17(24)22-13-6-7-14-15(10-13)18(14,19)20/h2-5,8,13-15H,1,6-7,9-10H2,(H,21,23)(H,22,24). The summed E-state index contributed by atoms with van der Waals surface area (Å²) >= 11 is 0. The van der Waals surface area contributed by atoms with Crippen molar-refractivity contribution >= 4 is 17.5 Å². The van der Waals surface area contributed by atoms with Crippen LogP contribution >= 0.6 is 0 Å². The van der Waals surface area contributed by atoms with Crippen molar-refractivity contribution in [2.75, 3.05) is 5.32 Å². The van der Waals surface area contributed by atoms with E-state index in [9.17, 15) is 18.4 Å². The lowest BCUT2D eigenvalue weighted by Crippen LogP contribution is -2.37. The number of amides is 2. The molecule has 1 aromatic carbocycles. The van der Waals surface area contributed by atoms with Gasteiger partial charge in [-0.1, -0.05) is 18.7 Å². The summed E-state index contributed by atoms with van der Waals surface area (Å²) in [6, 6.07) is 6.80. The van der Waals surface area contributed by atoms with Crippen LogP contribution in [0.2, 0.25) is 0 Å². The number of hydrogen-bond donors (Lipinski definition) is 2. The van der Waals surface area contributed by atoms with E-state index in [2.05, 4.69) is 17.2 Å². The van der Waals surface area contributed by atoms with Crippen molar-refractivity contribution in [1.29, 1.82) is 0 Å². The van der Waals surface area contributed by atoms with Crippen molar-refractivity contribution in [1.82, 2.24) is 5.32 Å². The van der Waals surface area contributed by atoms with Crippen LogP contribution in [0.4, 0.5) is 14.5 Å². The van der Waals surface area contributed by atoms with Gasteiger partial charge in [-0.05, 0) is 43.0 Å². The molecule has 0 saturated heterocycles. The second-order valence-electron chi connectivity index (χ2n) is 6.54. The number of anilines is 1. The molecule has 128 valence electrons. The predicted octanol–water partition coefficient (Wildman–Crippen LogP) is 2.90. The molecule has 0 spiro atoms. The summed E-state index contributed by atoms with van der Waals surface area (Å²) < 4.78 is 26.8. The van der Waals surface area contributed by atoms with E-state index < -0.39 is 17.8 Å². The van der Waals surface area contributed by atoms with Crippen LogP contribution in [0, 0.1) is 11.8 Å². The molecule has 2 saturated carbocycles. The molecule has 2 N–H and O–H groups in total. The molecule has 0 aromatic heterocycles. The zero-order valence-corrected chi connectivity index (χ0v) is 13.2. The zero-order valence-electron chi connectivity index (χ0n) is 13.2. The lowest BCUT2D eigenvalue weighted by molar-refractivity contribution is -0.121. The van der Waals surface area contributed by atoms with Crippen LogP contribution in [0.1, 0.15) is 24.8 Å². The zero-order chi connectivity index (χ0) is 17.3. The number of carbonyl (C=O) groups excluding carboxylic acids is 2. The number of nitrogens with one attached hydrogen (secondary N) is 2. The van der Waals surface area contributed by atoms with Gasteiger partial charge >= 0.3 is 0 Å². The van der Waals surface area contributed by atoms with E-state index in [0.717, 1.165) is 5.56 Å². The van der Waals surface area contributed by atoms with Crippen molar-refractivity contribution in [3.63, 3.8) is 0 Å². The molecule has 2 fully saturated rings. The fourth-order valence-corrected chi connectivity index (χ4v) is 3.53. The van der Waals surface area contributed by atoms with Crippen LogP contribution in [0.15, 0.2) is 36.9 Å². The first-order valence-electron chi connectivity index (χ1n) is 8.09. The van der Waals surface area contributed by atoms with E-state index in [0.29, 0.717) is 24.9 Å². The highest BCUT2D eigenvalue weighted by Gasteiger charge is 2.68. The van der Waals surface area contributed by atoms with Crippen LogP contribution in [-0.4, -0.2) is 23.8 Å². The molecule has 24 heavy (non-hydrogen) atoms. The summed E-state index contributed by atoms with van der Waals surface area (Å²) in [6.45, 7) is 3.38. The maximum atomic E-state index is 13.4. The van der Waals surface area contributed by atoms with E-state index in [1.54, 1.807) is 24.3 Å². The second kappa shape index (κ2) is 6.34. The van der Waals surface area contributed by atoms with Gasteiger partial charge in [0.1, 0.15) is 0 Å². The Morgan fingerprint density at radius 1 is 1.29 bits per heavy atom. The third kappa shape index (κ3) is 3.47. The molecular formula is C18H20F2N2O2. The first-order chi connectivity index (χ1) is 11.4. The summed E-state index contributed by atoms with van der Waals surface area (Å²) in [6.07, 6.45) is 2.77. The van der Waals surface area contributed by atoms with Crippen LogP contribution in [0.5, 0.6) is 0 Å². The molecule has 0 bridgehead atoms. The smallest absolute Gasteiger partial charge is 0.254 e. The number of fused-ring (bicyclic) bond motifs is 1. The van der Waals surface area contributed by atoms with Crippen molar-refractivity contribution < 1.29 is 18.4 Å². The van der Waals surface area contributed by atoms with E-state index in [1.165, 1.54) is 6.08 Å². The first-order valence-corrected chi connectivity index (χ1v) is 8.09. The van der Waals surface area contributed by atoms with Gasteiger partial charge in [0.25, 0.3) is 5.92 Å². The summed E-state index contributed by atoms with van der Waals surface area (Å²) in [5.41, 5.74) is 1.34. The van der Waals surface area contributed by atoms with Gasteiger partial charge < -0.3 is 10.6 Å². The highest BCUT2D eigenvalue weighted by atomic mass is 19.3. The Morgan fingerprint density at radius 3 is 2.79 bits per heavy atom. The normalized spacial score (nSPS) is 26.8. The van der Waals surface area contributed by atoms with Crippen LogP contribution in [-0.2, 0) is 16.0 Å². The van der Waals surface area contributed by atoms with Crippen molar-refractivity contribution in [3.05, 3.63) is 42.5 Å². The van der Waals surface area contributed by atoms with E-state index >= 15 is 0 Å². The molecular weight excluding hydrogens is 314 g/mol. The summed E-state index contributed by atoms with van der Waals surface area (Å²) in [4.78, 5) is 23.4.